The van der Waals surface area contributed by atoms with E-state index >= 15 is 0 Å². The molecule has 1 N–H and O–H groups in total. The van der Waals surface area contributed by atoms with Gasteiger partial charge < -0.3 is 9.88 Å². The molecule has 0 amide bonds. The summed E-state index contributed by atoms with van der Waals surface area (Å²) in [4.78, 5) is 22.2. The first-order valence-corrected chi connectivity index (χ1v) is 8.91. The summed E-state index contributed by atoms with van der Waals surface area (Å²) in [6, 6.07) is 12.1. The molecule has 3 aromatic rings. The third-order valence-electron chi connectivity index (χ3n) is 4.10. The van der Waals surface area contributed by atoms with Gasteiger partial charge in [-0.1, -0.05) is 34.1 Å². The summed E-state index contributed by atoms with van der Waals surface area (Å²) in [5.74, 6) is 0.683. The summed E-state index contributed by atoms with van der Waals surface area (Å²) in [5, 5.41) is 0.580. The Hall–Kier alpha value is -1.66. The number of fused-ring (bicyclic) bond motifs is 2. The van der Waals surface area contributed by atoms with Gasteiger partial charge in [0.15, 0.2) is 0 Å². The van der Waals surface area contributed by atoms with Crippen LogP contribution in [0.25, 0.3) is 10.9 Å². The molecule has 0 unspecified atom stereocenters. The predicted octanol–water partition coefficient (Wildman–Crippen LogP) is 4.01. The summed E-state index contributed by atoms with van der Waals surface area (Å²) in [6.07, 6.45) is 1.03. The molecular formula is C17H13Br2N3O. The van der Waals surface area contributed by atoms with E-state index in [4.69, 9.17) is 0 Å². The Bertz CT molecular complexity index is 968. The van der Waals surface area contributed by atoms with Crippen LogP contribution < -0.4 is 10.5 Å². The number of hydrogen-bond acceptors (Lipinski definition) is 3. The Balaban J connectivity index is 1.75. The van der Waals surface area contributed by atoms with Crippen molar-refractivity contribution in [1.29, 1.82) is 0 Å². The number of rotatable bonds is 2. The monoisotopic (exact) mass is 433 g/mol. The first kappa shape index (κ1) is 14.9. The zero-order valence-electron chi connectivity index (χ0n) is 12.1. The van der Waals surface area contributed by atoms with E-state index in [9.17, 15) is 4.79 Å². The number of aromatic amines is 1. The van der Waals surface area contributed by atoms with Gasteiger partial charge in [-0.3, -0.25) is 4.79 Å². The third-order valence-corrected chi connectivity index (χ3v) is 5.16. The van der Waals surface area contributed by atoms with Gasteiger partial charge in [-0.15, -0.1) is 0 Å². The molecular weight excluding hydrogens is 422 g/mol. The Morgan fingerprint density at radius 3 is 2.91 bits per heavy atom. The molecule has 23 heavy (non-hydrogen) atoms. The number of para-hydroxylation sites is 1. The van der Waals surface area contributed by atoms with Crippen molar-refractivity contribution in [3.8, 4) is 0 Å². The van der Waals surface area contributed by atoms with Crippen LogP contribution in [-0.4, -0.2) is 16.5 Å². The van der Waals surface area contributed by atoms with Gasteiger partial charge in [0.1, 0.15) is 5.82 Å². The van der Waals surface area contributed by atoms with Gasteiger partial charge in [-0.2, -0.15) is 0 Å². The molecule has 0 atom stereocenters. The second kappa shape index (κ2) is 5.76. The van der Waals surface area contributed by atoms with Crippen LogP contribution >= 0.6 is 31.9 Å². The molecule has 4 rings (SSSR count). The fourth-order valence-electron chi connectivity index (χ4n) is 3.04. The standard InChI is InChI=1S/C17H13Br2N3O/c18-11-7-12-16(13(19)8-11)20-15(21-17(12)23)9-22-6-5-10-3-1-2-4-14(10)22/h1-4,7-8H,5-6,9H2,(H,20,21,23). The molecule has 1 aliphatic heterocycles. The van der Waals surface area contributed by atoms with Crippen molar-refractivity contribution in [2.75, 3.05) is 11.4 Å². The number of benzene rings is 2. The van der Waals surface area contributed by atoms with Gasteiger partial charge in [-0.05, 0) is 46.1 Å². The van der Waals surface area contributed by atoms with E-state index in [2.05, 4.69) is 64.9 Å². The molecule has 4 nitrogen and oxygen atoms in total. The highest BCUT2D eigenvalue weighted by molar-refractivity contribution is 9.11. The van der Waals surface area contributed by atoms with Crippen molar-refractivity contribution in [2.45, 2.75) is 13.0 Å². The molecule has 0 saturated heterocycles. The van der Waals surface area contributed by atoms with Crippen LogP contribution in [0.5, 0.6) is 0 Å². The van der Waals surface area contributed by atoms with Gasteiger partial charge >= 0.3 is 0 Å². The number of aromatic nitrogens is 2. The lowest BCUT2D eigenvalue weighted by molar-refractivity contribution is 0.786. The summed E-state index contributed by atoms with van der Waals surface area (Å²) >= 11 is 6.90. The molecule has 0 fully saturated rings. The number of H-pyrrole nitrogens is 1. The van der Waals surface area contributed by atoms with Crippen LogP contribution in [0, 0.1) is 0 Å². The third kappa shape index (κ3) is 2.70. The molecule has 116 valence electrons. The SMILES string of the molecule is O=c1[nH]c(CN2CCc3ccccc32)nc2c(Br)cc(Br)cc12. The second-order valence-corrected chi connectivity index (χ2v) is 7.37. The van der Waals surface area contributed by atoms with Gasteiger partial charge in [0, 0.05) is 21.2 Å². The molecule has 2 aromatic carbocycles. The number of hydrogen-bond donors (Lipinski definition) is 1. The van der Waals surface area contributed by atoms with Crippen LogP contribution in [0.15, 0.2) is 50.1 Å². The molecule has 1 aliphatic rings. The van der Waals surface area contributed by atoms with Crippen molar-refractivity contribution in [3.63, 3.8) is 0 Å². The van der Waals surface area contributed by atoms with E-state index in [0.29, 0.717) is 23.3 Å². The maximum absolute atomic E-state index is 12.4. The van der Waals surface area contributed by atoms with Crippen molar-refractivity contribution in [2.24, 2.45) is 0 Å². The lowest BCUT2D eigenvalue weighted by Gasteiger charge is -2.18. The summed E-state index contributed by atoms with van der Waals surface area (Å²) in [6.45, 7) is 1.55. The maximum Gasteiger partial charge on any atom is 0.258 e. The minimum Gasteiger partial charge on any atom is -0.364 e. The smallest absolute Gasteiger partial charge is 0.258 e. The first-order chi connectivity index (χ1) is 11.1. The molecule has 6 heteroatoms. The number of anilines is 1. The summed E-state index contributed by atoms with van der Waals surface area (Å²) < 4.78 is 1.67. The number of nitrogens with one attached hydrogen (secondary N) is 1. The van der Waals surface area contributed by atoms with E-state index < -0.39 is 0 Å². The lowest BCUT2D eigenvalue weighted by Crippen LogP contribution is -2.23. The normalized spacial score (nSPS) is 13.6. The van der Waals surface area contributed by atoms with Crippen molar-refractivity contribution in [3.05, 3.63) is 67.1 Å². The van der Waals surface area contributed by atoms with E-state index in [0.717, 1.165) is 21.9 Å². The van der Waals surface area contributed by atoms with Gasteiger partial charge in [-0.25, -0.2) is 4.98 Å². The summed E-state index contributed by atoms with van der Waals surface area (Å²) in [5.41, 5.74) is 3.16. The van der Waals surface area contributed by atoms with Crippen LogP contribution in [0.4, 0.5) is 5.69 Å². The zero-order chi connectivity index (χ0) is 16.0. The van der Waals surface area contributed by atoms with Crippen LogP contribution in [-0.2, 0) is 13.0 Å². The lowest BCUT2D eigenvalue weighted by atomic mass is 10.2. The largest absolute Gasteiger partial charge is 0.364 e. The minimum absolute atomic E-state index is 0.112. The topological polar surface area (TPSA) is 49.0 Å². The van der Waals surface area contributed by atoms with Gasteiger partial charge in [0.25, 0.3) is 5.56 Å². The average molecular weight is 435 g/mol. The average Bonchev–Trinajstić information content (AvgIpc) is 2.92. The molecule has 0 bridgehead atoms. The van der Waals surface area contributed by atoms with Crippen LogP contribution in [0.1, 0.15) is 11.4 Å². The number of halogens is 2. The fraction of sp³-hybridized carbons (Fsp3) is 0.176. The molecule has 1 aromatic heterocycles. The van der Waals surface area contributed by atoms with Crippen molar-refractivity contribution < 1.29 is 0 Å². The predicted molar refractivity (Wildman–Crippen MR) is 99.0 cm³/mol. The molecule has 0 aliphatic carbocycles. The molecule has 0 radical (unpaired) electrons. The van der Waals surface area contributed by atoms with Crippen molar-refractivity contribution in [1.82, 2.24) is 9.97 Å². The van der Waals surface area contributed by atoms with Crippen LogP contribution in [0.3, 0.4) is 0 Å². The van der Waals surface area contributed by atoms with E-state index in [1.807, 2.05) is 12.1 Å². The zero-order valence-corrected chi connectivity index (χ0v) is 15.3. The van der Waals surface area contributed by atoms with Gasteiger partial charge in [0.05, 0.1) is 17.4 Å². The van der Waals surface area contributed by atoms with E-state index in [-0.39, 0.29) is 5.56 Å². The number of nitrogens with zero attached hydrogens (tertiary/aromatic N) is 2. The minimum atomic E-state index is -0.112. The highest BCUT2D eigenvalue weighted by Crippen LogP contribution is 2.29. The molecule has 0 saturated carbocycles. The summed E-state index contributed by atoms with van der Waals surface area (Å²) in [7, 11) is 0. The second-order valence-electron chi connectivity index (χ2n) is 5.60. The first-order valence-electron chi connectivity index (χ1n) is 7.32. The van der Waals surface area contributed by atoms with E-state index in [1.54, 1.807) is 6.07 Å². The maximum atomic E-state index is 12.4. The van der Waals surface area contributed by atoms with Crippen LogP contribution in [0.2, 0.25) is 0 Å². The highest BCUT2D eigenvalue weighted by Gasteiger charge is 2.19. The Kier molecular flexibility index (Phi) is 3.73. The fourth-order valence-corrected chi connectivity index (χ4v) is 4.35. The quantitative estimate of drug-likeness (QED) is 0.662. The Morgan fingerprint density at radius 2 is 2.04 bits per heavy atom. The molecule has 0 spiro atoms. The van der Waals surface area contributed by atoms with Crippen molar-refractivity contribution >= 4 is 48.5 Å². The Morgan fingerprint density at radius 1 is 1.22 bits per heavy atom. The van der Waals surface area contributed by atoms with E-state index in [1.165, 1.54) is 11.3 Å². The Labute approximate surface area is 149 Å². The highest BCUT2D eigenvalue weighted by atomic mass is 79.9. The molecule has 2 heterocycles. The van der Waals surface area contributed by atoms with Gasteiger partial charge in [0.2, 0.25) is 0 Å².